The summed E-state index contributed by atoms with van der Waals surface area (Å²) in [5, 5.41) is 0. The van der Waals surface area contributed by atoms with Crippen LogP contribution in [-0.2, 0) is 0 Å². The Kier molecular flexibility index (Phi) is 9.06. The summed E-state index contributed by atoms with van der Waals surface area (Å²) in [7, 11) is 6.90. The lowest BCUT2D eigenvalue weighted by Crippen LogP contribution is -2.09. The van der Waals surface area contributed by atoms with Gasteiger partial charge < -0.3 is 18.9 Å². The summed E-state index contributed by atoms with van der Waals surface area (Å²) in [4.78, 5) is 0. The third-order valence-corrected chi connectivity index (χ3v) is 8.22. The zero-order valence-electron chi connectivity index (χ0n) is 27.3. The van der Waals surface area contributed by atoms with Gasteiger partial charge in [-0.15, -0.1) is 0 Å². The van der Waals surface area contributed by atoms with E-state index >= 15 is 0 Å². The zero-order chi connectivity index (χ0) is 30.9. The molecular weight excluding hydrogens is 520 g/mol. The van der Waals surface area contributed by atoms with E-state index in [0.29, 0.717) is 0 Å². The van der Waals surface area contributed by atoms with E-state index in [1.807, 2.05) is 0 Å². The van der Waals surface area contributed by atoms with E-state index in [4.69, 9.17) is 18.9 Å². The van der Waals surface area contributed by atoms with Gasteiger partial charge in [-0.3, -0.25) is 0 Å². The molecule has 0 atom stereocenters. The Balaban J connectivity index is 2.37. The highest BCUT2D eigenvalue weighted by Crippen LogP contribution is 2.47. The molecule has 0 amide bonds. The maximum absolute atomic E-state index is 5.69. The van der Waals surface area contributed by atoms with E-state index in [9.17, 15) is 0 Å². The summed E-state index contributed by atoms with van der Waals surface area (Å²) in [6.45, 7) is 17.4. The monoisotopic (exact) mass is 564 g/mol. The van der Waals surface area contributed by atoms with Gasteiger partial charge in [0.25, 0.3) is 0 Å². The molecule has 4 aromatic rings. The third kappa shape index (κ3) is 5.63. The third-order valence-electron chi connectivity index (χ3n) is 8.22. The van der Waals surface area contributed by atoms with Crippen LogP contribution in [0.2, 0.25) is 0 Å². The van der Waals surface area contributed by atoms with Crippen LogP contribution in [0.1, 0.15) is 66.8 Å². The van der Waals surface area contributed by atoms with Crippen LogP contribution in [0.15, 0.2) is 48.5 Å². The van der Waals surface area contributed by atoms with Crippen molar-refractivity contribution < 1.29 is 18.9 Å². The smallest absolute Gasteiger partial charge is 0.119 e. The Bertz CT molecular complexity index is 1350. The van der Waals surface area contributed by atoms with E-state index in [1.54, 1.807) is 28.4 Å². The van der Waals surface area contributed by atoms with Crippen molar-refractivity contribution in [1.29, 1.82) is 0 Å². The molecule has 0 radical (unpaired) electrons. The standard InChI is InChI=1S/C38H44O4/c1-21-13-29(39-9)14-22(2)33(21)37(34-23(3)15-30(40-10)16-24(34)4)38(35-25(5)17-31(41-11)18-26(35)6)36-27(7)19-32(42-12)20-28(36)8/h13-20H,1-12H3. The second-order valence-corrected chi connectivity index (χ2v) is 11.3. The van der Waals surface area contributed by atoms with Crippen molar-refractivity contribution in [1.82, 2.24) is 0 Å². The van der Waals surface area contributed by atoms with E-state index < -0.39 is 0 Å². The van der Waals surface area contributed by atoms with Crippen LogP contribution in [0.3, 0.4) is 0 Å². The molecule has 0 saturated carbocycles. The first-order valence-corrected chi connectivity index (χ1v) is 14.3. The maximum Gasteiger partial charge on any atom is 0.119 e. The lowest BCUT2D eigenvalue weighted by atomic mass is 9.76. The molecule has 4 heteroatoms. The Morgan fingerprint density at radius 2 is 0.452 bits per heavy atom. The maximum atomic E-state index is 5.69. The minimum absolute atomic E-state index is 0.853. The Morgan fingerprint density at radius 1 is 0.310 bits per heavy atom. The summed E-state index contributed by atoms with van der Waals surface area (Å²) < 4.78 is 22.8. The number of ether oxygens (including phenoxy) is 4. The molecule has 0 heterocycles. The zero-order valence-corrected chi connectivity index (χ0v) is 27.3. The Morgan fingerprint density at radius 3 is 0.571 bits per heavy atom. The molecule has 0 unspecified atom stereocenters. The molecule has 4 nitrogen and oxygen atoms in total. The van der Waals surface area contributed by atoms with Gasteiger partial charge >= 0.3 is 0 Å². The molecule has 0 bridgehead atoms. The van der Waals surface area contributed by atoms with E-state index in [2.05, 4.69) is 104 Å². The molecule has 4 aromatic carbocycles. The van der Waals surface area contributed by atoms with Crippen LogP contribution < -0.4 is 18.9 Å². The van der Waals surface area contributed by atoms with Gasteiger partial charge in [0, 0.05) is 0 Å². The first-order valence-electron chi connectivity index (χ1n) is 14.3. The quantitative estimate of drug-likeness (QED) is 0.200. The molecule has 4 rings (SSSR count). The summed E-state index contributed by atoms with van der Waals surface area (Å²) in [6, 6.07) is 17.1. The predicted octanol–water partition coefficient (Wildman–Crippen LogP) is 9.20. The van der Waals surface area contributed by atoms with Gasteiger partial charge in [0.15, 0.2) is 0 Å². The second kappa shape index (κ2) is 12.4. The van der Waals surface area contributed by atoms with Gasteiger partial charge in [-0.1, -0.05) is 0 Å². The first-order chi connectivity index (χ1) is 19.9. The minimum atomic E-state index is 0.853. The Hall–Kier alpha value is -4.18. The van der Waals surface area contributed by atoms with Gasteiger partial charge in [-0.2, -0.15) is 0 Å². The van der Waals surface area contributed by atoms with Crippen LogP contribution in [-0.4, -0.2) is 28.4 Å². The number of benzene rings is 4. The fourth-order valence-corrected chi connectivity index (χ4v) is 6.49. The highest BCUT2D eigenvalue weighted by molar-refractivity contribution is 6.09. The largest absolute Gasteiger partial charge is 0.497 e. The van der Waals surface area contributed by atoms with Gasteiger partial charge in [-0.05, 0) is 182 Å². The van der Waals surface area contributed by atoms with Crippen molar-refractivity contribution in [3.05, 3.63) is 115 Å². The van der Waals surface area contributed by atoms with Gasteiger partial charge in [0.1, 0.15) is 23.0 Å². The normalized spacial score (nSPS) is 10.9. The topological polar surface area (TPSA) is 36.9 Å². The molecule has 0 spiro atoms. The van der Waals surface area contributed by atoms with Crippen molar-refractivity contribution >= 4 is 11.1 Å². The average Bonchev–Trinajstić information content (AvgIpc) is 2.93. The van der Waals surface area contributed by atoms with Crippen molar-refractivity contribution in [2.45, 2.75) is 55.4 Å². The number of hydrogen-bond acceptors (Lipinski definition) is 4. The van der Waals surface area contributed by atoms with Crippen molar-refractivity contribution in [2.24, 2.45) is 0 Å². The van der Waals surface area contributed by atoms with E-state index in [-0.39, 0.29) is 0 Å². The molecule has 0 saturated heterocycles. The molecule has 0 fully saturated rings. The number of aryl methyl sites for hydroxylation is 8. The molecule has 0 aromatic heterocycles. The highest BCUT2D eigenvalue weighted by Gasteiger charge is 2.27. The van der Waals surface area contributed by atoms with Crippen molar-refractivity contribution in [2.75, 3.05) is 28.4 Å². The number of rotatable bonds is 8. The molecule has 0 N–H and O–H groups in total. The highest BCUT2D eigenvalue weighted by atomic mass is 16.5. The number of hydrogen-bond donors (Lipinski definition) is 0. The molecule has 0 aliphatic carbocycles. The summed E-state index contributed by atoms with van der Waals surface area (Å²) in [5.41, 5.74) is 16.4. The summed E-state index contributed by atoms with van der Waals surface area (Å²) in [5.74, 6) is 3.41. The van der Waals surface area contributed by atoms with Crippen molar-refractivity contribution in [3.8, 4) is 23.0 Å². The predicted molar refractivity (Wildman–Crippen MR) is 175 cm³/mol. The van der Waals surface area contributed by atoms with Crippen LogP contribution in [0.4, 0.5) is 0 Å². The molecule has 42 heavy (non-hydrogen) atoms. The van der Waals surface area contributed by atoms with E-state index in [1.165, 1.54) is 33.4 Å². The van der Waals surface area contributed by atoms with Crippen molar-refractivity contribution in [3.63, 3.8) is 0 Å². The fraction of sp³-hybridized carbons (Fsp3) is 0.316. The second-order valence-electron chi connectivity index (χ2n) is 11.3. The van der Waals surface area contributed by atoms with Gasteiger partial charge in [-0.25, -0.2) is 0 Å². The fourth-order valence-electron chi connectivity index (χ4n) is 6.49. The van der Waals surface area contributed by atoms with Crippen LogP contribution in [0.25, 0.3) is 11.1 Å². The number of methoxy groups -OCH3 is 4. The van der Waals surface area contributed by atoms with Gasteiger partial charge in [0.2, 0.25) is 0 Å². The van der Waals surface area contributed by atoms with Crippen LogP contribution >= 0.6 is 0 Å². The summed E-state index contributed by atoms with van der Waals surface area (Å²) in [6.07, 6.45) is 0. The lowest BCUT2D eigenvalue weighted by Gasteiger charge is -2.28. The van der Waals surface area contributed by atoms with Crippen LogP contribution in [0.5, 0.6) is 23.0 Å². The lowest BCUT2D eigenvalue weighted by molar-refractivity contribution is 0.414. The molecular formula is C38H44O4. The van der Waals surface area contributed by atoms with Gasteiger partial charge in [0.05, 0.1) is 28.4 Å². The van der Waals surface area contributed by atoms with E-state index in [0.717, 1.165) is 67.5 Å². The molecule has 220 valence electrons. The summed E-state index contributed by atoms with van der Waals surface area (Å²) >= 11 is 0. The Labute approximate surface area is 251 Å². The SMILES string of the molecule is COc1cc(C)c(C(=C(c2c(C)cc(OC)cc2C)c2c(C)cc(OC)cc2C)c2c(C)cc(OC)cc2C)c(C)c1. The van der Waals surface area contributed by atoms with Crippen LogP contribution in [0, 0.1) is 55.4 Å². The minimum Gasteiger partial charge on any atom is -0.497 e. The molecule has 0 aliphatic heterocycles. The average molecular weight is 565 g/mol. The molecule has 0 aliphatic rings. The first kappa shape index (κ1) is 30.8.